The summed E-state index contributed by atoms with van der Waals surface area (Å²) in [5.41, 5.74) is 6.70. The molecule has 1 heterocycles. The average Bonchev–Trinajstić information content (AvgIpc) is 3.16. The van der Waals surface area contributed by atoms with Crippen LogP contribution in [0.5, 0.6) is 5.75 Å². The predicted molar refractivity (Wildman–Crippen MR) is 99.8 cm³/mol. The number of carbonyl (C=O) groups is 1. The summed E-state index contributed by atoms with van der Waals surface area (Å²) >= 11 is 0. The predicted octanol–water partition coefficient (Wildman–Crippen LogP) is 2.59. The molecule has 0 radical (unpaired) electrons. The maximum absolute atomic E-state index is 12.5. The van der Waals surface area contributed by atoms with Crippen molar-refractivity contribution in [3.05, 3.63) is 36.9 Å². The molecule has 0 aliphatic heterocycles. The monoisotopic (exact) mass is 357 g/mol. The van der Waals surface area contributed by atoms with Crippen LogP contribution in [0.3, 0.4) is 0 Å². The number of aromatic nitrogens is 3. The van der Waals surface area contributed by atoms with E-state index in [4.69, 9.17) is 10.5 Å². The molecule has 0 saturated heterocycles. The Hall–Kier alpha value is -2.41. The van der Waals surface area contributed by atoms with Gasteiger partial charge in [-0.15, -0.1) is 0 Å². The number of nitrogens with two attached hydrogens (primary N) is 1. The van der Waals surface area contributed by atoms with Crippen molar-refractivity contribution in [1.29, 1.82) is 0 Å². The van der Waals surface area contributed by atoms with Crippen LogP contribution in [0.4, 0.5) is 5.69 Å². The van der Waals surface area contributed by atoms with E-state index in [0.717, 1.165) is 18.5 Å². The standard InChI is InChI=1S/C19H27N5O2/c20-13-19(7-2-1-3-8-19)12-18(25)23-16-5-4-6-17(11-16)26-10-9-24-15-21-14-22-24/h4-6,11,14-15H,1-3,7-10,12-13,20H2,(H,23,25). The van der Waals surface area contributed by atoms with Gasteiger partial charge in [-0.3, -0.25) is 4.79 Å². The summed E-state index contributed by atoms with van der Waals surface area (Å²) in [5, 5.41) is 7.02. The summed E-state index contributed by atoms with van der Waals surface area (Å²) in [5.74, 6) is 0.742. The van der Waals surface area contributed by atoms with E-state index in [1.165, 1.54) is 25.6 Å². The molecule has 1 aromatic carbocycles. The average molecular weight is 357 g/mol. The first-order valence-corrected chi connectivity index (χ1v) is 9.24. The molecule has 1 aromatic heterocycles. The van der Waals surface area contributed by atoms with Gasteiger partial charge in [0.25, 0.3) is 0 Å². The number of benzene rings is 1. The lowest BCUT2D eigenvalue weighted by Crippen LogP contribution is -2.36. The van der Waals surface area contributed by atoms with Crippen molar-refractivity contribution in [3.8, 4) is 5.75 Å². The summed E-state index contributed by atoms with van der Waals surface area (Å²) in [6.45, 7) is 1.68. The lowest BCUT2D eigenvalue weighted by molar-refractivity contribution is -0.118. The molecule has 1 amide bonds. The Kier molecular flexibility index (Phi) is 6.22. The number of ether oxygens (including phenoxy) is 1. The number of hydrogen-bond acceptors (Lipinski definition) is 5. The Morgan fingerprint density at radius 2 is 2.15 bits per heavy atom. The molecule has 0 atom stereocenters. The SMILES string of the molecule is NCC1(CC(=O)Nc2cccc(OCCn3cncn3)c2)CCCCC1. The maximum atomic E-state index is 12.5. The number of carbonyl (C=O) groups excluding carboxylic acids is 1. The minimum atomic E-state index is -0.0335. The van der Waals surface area contributed by atoms with Gasteiger partial charge in [-0.2, -0.15) is 5.10 Å². The van der Waals surface area contributed by atoms with E-state index < -0.39 is 0 Å². The number of nitrogens with one attached hydrogen (secondary N) is 1. The second kappa shape index (κ2) is 8.80. The minimum absolute atomic E-state index is 0.0251. The van der Waals surface area contributed by atoms with E-state index in [0.29, 0.717) is 31.9 Å². The maximum Gasteiger partial charge on any atom is 0.224 e. The van der Waals surface area contributed by atoms with Gasteiger partial charge in [-0.1, -0.05) is 25.3 Å². The second-order valence-corrected chi connectivity index (χ2v) is 7.02. The number of hydrogen-bond donors (Lipinski definition) is 2. The minimum Gasteiger partial charge on any atom is -0.492 e. The Bertz CT molecular complexity index is 696. The Morgan fingerprint density at radius 1 is 1.31 bits per heavy atom. The topological polar surface area (TPSA) is 95.1 Å². The van der Waals surface area contributed by atoms with Crippen LogP contribution in [-0.4, -0.2) is 33.8 Å². The van der Waals surface area contributed by atoms with Gasteiger partial charge in [0, 0.05) is 18.2 Å². The van der Waals surface area contributed by atoms with E-state index in [9.17, 15) is 4.79 Å². The molecule has 7 nitrogen and oxygen atoms in total. The van der Waals surface area contributed by atoms with E-state index in [2.05, 4.69) is 15.4 Å². The van der Waals surface area contributed by atoms with Gasteiger partial charge in [0.15, 0.2) is 0 Å². The first-order chi connectivity index (χ1) is 12.7. The summed E-state index contributed by atoms with van der Waals surface area (Å²) < 4.78 is 7.44. The van der Waals surface area contributed by atoms with Crippen LogP contribution < -0.4 is 15.8 Å². The van der Waals surface area contributed by atoms with Gasteiger partial charge < -0.3 is 15.8 Å². The van der Waals surface area contributed by atoms with E-state index in [1.807, 2.05) is 24.3 Å². The van der Waals surface area contributed by atoms with Gasteiger partial charge in [0.1, 0.15) is 25.0 Å². The van der Waals surface area contributed by atoms with Crippen LogP contribution in [0.15, 0.2) is 36.9 Å². The highest BCUT2D eigenvalue weighted by atomic mass is 16.5. The molecule has 1 saturated carbocycles. The summed E-state index contributed by atoms with van der Waals surface area (Å²) in [7, 11) is 0. The zero-order valence-electron chi connectivity index (χ0n) is 15.1. The van der Waals surface area contributed by atoms with Crippen molar-refractivity contribution >= 4 is 11.6 Å². The third-order valence-electron chi connectivity index (χ3n) is 5.06. The molecule has 0 spiro atoms. The van der Waals surface area contributed by atoms with Crippen molar-refractivity contribution in [2.75, 3.05) is 18.5 Å². The Labute approximate surface area is 153 Å². The normalized spacial score (nSPS) is 16.2. The summed E-state index contributed by atoms with van der Waals surface area (Å²) in [4.78, 5) is 16.4. The quantitative estimate of drug-likeness (QED) is 0.757. The van der Waals surface area contributed by atoms with Gasteiger partial charge in [-0.05, 0) is 36.9 Å². The van der Waals surface area contributed by atoms with Crippen molar-refractivity contribution in [1.82, 2.24) is 14.8 Å². The molecular formula is C19H27N5O2. The zero-order chi connectivity index (χ0) is 18.2. The van der Waals surface area contributed by atoms with E-state index in [1.54, 1.807) is 11.0 Å². The van der Waals surface area contributed by atoms with Crippen molar-refractivity contribution in [3.63, 3.8) is 0 Å². The van der Waals surface area contributed by atoms with Crippen LogP contribution in [0.1, 0.15) is 38.5 Å². The van der Waals surface area contributed by atoms with Crippen LogP contribution in [0, 0.1) is 5.41 Å². The fourth-order valence-electron chi connectivity index (χ4n) is 3.57. The third kappa shape index (κ3) is 5.05. The van der Waals surface area contributed by atoms with Gasteiger partial charge in [0.05, 0.1) is 6.54 Å². The molecule has 1 aliphatic carbocycles. The number of nitrogens with zero attached hydrogens (tertiary/aromatic N) is 3. The van der Waals surface area contributed by atoms with Gasteiger partial charge in [0.2, 0.25) is 5.91 Å². The highest BCUT2D eigenvalue weighted by molar-refractivity contribution is 5.91. The molecule has 2 aromatic rings. The second-order valence-electron chi connectivity index (χ2n) is 7.02. The van der Waals surface area contributed by atoms with E-state index >= 15 is 0 Å². The zero-order valence-corrected chi connectivity index (χ0v) is 15.1. The molecule has 0 unspecified atom stereocenters. The van der Waals surface area contributed by atoms with E-state index in [-0.39, 0.29) is 11.3 Å². The Balaban J connectivity index is 1.51. The smallest absolute Gasteiger partial charge is 0.224 e. The van der Waals surface area contributed by atoms with Gasteiger partial charge in [-0.25, -0.2) is 9.67 Å². The van der Waals surface area contributed by atoms with Crippen molar-refractivity contribution in [2.24, 2.45) is 11.1 Å². The molecule has 1 aliphatic rings. The highest BCUT2D eigenvalue weighted by Crippen LogP contribution is 2.38. The molecule has 7 heteroatoms. The lowest BCUT2D eigenvalue weighted by atomic mass is 9.71. The number of rotatable bonds is 8. The molecule has 140 valence electrons. The summed E-state index contributed by atoms with van der Waals surface area (Å²) in [6, 6.07) is 7.46. The van der Waals surface area contributed by atoms with Crippen molar-refractivity contribution < 1.29 is 9.53 Å². The molecule has 0 bridgehead atoms. The fourth-order valence-corrected chi connectivity index (χ4v) is 3.57. The molecular weight excluding hydrogens is 330 g/mol. The molecule has 3 rings (SSSR count). The molecule has 1 fully saturated rings. The van der Waals surface area contributed by atoms with Crippen molar-refractivity contribution in [2.45, 2.75) is 45.1 Å². The Morgan fingerprint density at radius 3 is 2.88 bits per heavy atom. The van der Waals surface area contributed by atoms with Crippen LogP contribution in [-0.2, 0) is 11.3 Å². The molecule has 3 N–H and O–H groups in total. The number of anilines is 1. The lowest BCUT2D eigenvalue weighted by Gasteiger charge is -2.35. The van der Waals surface area contributed by atoms with Crippen LogP contribution in [0.2, 0.25) is 0 Å². The fraction of sp³-hybridized carbons (Fsp3) is 0.526. The summed E-state index contributed by atoms with van der Waals surface area (Å²) in [6.07, 6.45) is 9.30. The largest absolute Gasteiger partial charge is 0.492 e. The van der Waals surface area contributed by atoms with Crippen LogP contribution in [0.25, 0.3) is 0 Å². The highest BCUT2D eigenvalue weighted by Gasteiger charge is 2.32. The number of amides is 1. The third-order valence-corrected chi connectivity index (χ3v) is 5.06. The van der Waals surface area contributed by atoms with Gasteiger partial charge >= 0.3 is 0 Å². The first kappa shape index (κ1) is 18.4. The molecule has 26 heavy (non-hydrogen) atoms. The van der Waals surface area contributed by atoms with Crippen LogP contribution >= 0.6 is 0 Å². The first-order valence-electron chi connectivity index (χ1n) is 9.24.